The van der Waals surface area contributed by atoms with Crippen LogP contribution < -0.4 is 9.62 Å². The summed E-state index contributed by atoms with van der Waals surface area (Å²) in [6.45, 7) is 0.848. The number of rotatable bonds is 8. The van der Waals surface area contributed by atoms with Crippen molar-refractivity contribution in [2.75, 3.05) is 35.8 Å². The van der Waals surface area contributed by atoms with E-state index in [4.69, 9.17) is 0 Å². The van der Waals surface area contributed by atoms with E-state index in [0.29, 0.717) is 30.2 Å². The number of halogens is 3. The van der Waals surface area contributed by atoms with E-state index in [1.165, 1.54) is 12.4 Å². The van der Waals surface area contributed by atoms with Crippen LogP contribution in [0.3, 0.4) is 0 Å². The zero-order valence-corrected chi connectivity index (χ0v) is 23.5. The third-order valence-corrected chi connectivity index (χ3v) is 9.24. The number of anilines is 2. The number of aldehydes is 1. The summed E-state index contributed by atoms with van der Waals surface area (Å²) in [4.78, 5) is 42.5. The van der Waals surface area contributed by atoms with Crippen molar-refractivity contribution < 1.29 is 31.2 Å². The Bertz CT molecular complexity index is 1810. The Kier molecular flexibility index (Phi) is 7.60. The second kappa shape index (κ2) is 11.4. The fourth-order valence-corrected chi connectivity index (χ4v) is 6.57. The number of alkyl halides is 1. The molecule has 5 heterocycles. The molecule has 2 aliphatic rings. The van der Waals surface area contributed by atoms with Crippen molar-refractivity contribution in [2.45, 2.75) is 25.4 Å². The zero-order valence-electron chi connectivity index (χ0n) is 22.6. The maximum atomic E-state index is 15.5. The molecule has 2 aliphatic heterocycles. The Hall–Kier alpha value is -4.37. The summed E-state index contributed by atoms with van der Waals surface area (Å²) in [5, 5.41) is 0.276. The highest BCUT2D eigenvalue weighted by Gasteiger charge is 2.33. The number of hydrogen-bond donors (Lipinski definition) is 2. The number of H-pyrrole nitrogens is 1. The maximum absolute atomic E-state index is 15.5. The molecule has 1 atom stereocenters. The third kappa shape index (κ3) is 5.57. The SMILES string of the molecule is O=CC1CCN(c2ncc(-c3cnc4[nH]cc(C(=O)c5c(F)ccc(NS(=O)(=O)N6CC[C@@H](F)C6)c5F)c4c3)cn2)CC1. The van der Waals surface area contributed by atoms with Gasteiger partial charge in [-0.1, -0.05) is 0 Å². The number of hydrogen-bond acceptors (Lipinski definition) is 8. The summed E-state index contributed by atoms with van der Waals surface area (Å²) in [7, 11) is -4.34. The molecule has 1 aromatic carbocycles. The number of aromatic amines is 1. The predicted octanol–water partition coefficient (Wildman–Crippen LogP) is 3.64. The van der Waals surface area contributed by atoms with Gasteiger partial charge in [-0.25, -0.2) is 28.1 Å². The van der Waals surface area contributed by atoms with Gasteiger partial charge in [-0.3, -0.25) is 9.52 Å². The van der Waals surface area contributed by atoms with Crippen molar-refractivity contribution in [1.29, 1.82) is 0 Å². The molecule has 0 aliphatic carbocycles. The van der Waals surface area contributed by atoms with E-state index in [9.17, 15) is 26.8 Å². The Morgan fingerprint density at radius 2 is 1.74 bits per heavy atom. The lowest BCUT2D eigenvalue weighted by molar-refractivity contribution is -0.111. The largest absolute Gasteiger partial charge is 0.345 e. The minimum Gasteiger partial charge on any atom is -0.345 e. The normalized spacial score (nSPS) is 18.3. The van der Waals surface area contributed by atoms with Gasteiger partial charge in [-0.2, -0.15) is 12.7 Å². The molecule has 43 heavy (non-hydrogen) atoms. The van der Waals surface area contributed by atoms with E-state index >= 15 is 4.39 Å². The Balaban J connectivity index is 1.27. The number of pyridine rings is 1. The van der Waals surface area contributed by atoms with Gasteiger partial charge in [0.15, 0.2) is 5.82 Å². The van der Waals surface area contributed by atoms with Crippen LogP contribution in [0.15, 0.2) is 43.0 Å². The summed E-state index contributed by atoms with van der Waals surface area (Å²) >= 11 is 0. The number of ketones is 1. The summed E-state index contributed by atoms with van der Waals surface area (Å²) in [5.41, 5.74) is -0.258. The number of piperidine rings is 1. The second-order valence-corrected chi connectivity index (χ2v) is 12.2. The van der Waals surface area contributed by atoms with Gasteiger partial charge in [0.1, 0.15) is 23.9 Å². The van der Waals surface area contributed by atoms with E-state index in [1.807, 2.05) is 9.62 Å². The fourth-order valence-electron chi connectivity index (χ4n) is 5.30. The Morgan fingerprint density at radius 3 is 2.42 bits per heavy atom. The van der Waals surface area contributed by atoms with Gasteiger partial charge in [0, 0.05) is 79.0 Å². The first-order valence-electron chi connectivity index (χ1n) is 13.6. The van der Waals surface area contributed by atoms with E-state index in [2.05, 4.69) is 19.9 Å². The number of carbonyl (C=O) groups is 2. The predicted molar refractivity (Wildman–Crippen MR) is 152 cm³/mol. The van der Waals surface area contributed by atoms with Gasteiger partial charge in [0.2, 0.25) is 11.7 Å². The number of nitrogens with zero attached hydrogens (tertiary/aromatic N) is 5. The molecule has 2 saturated heterocycles. The van der Waals surface area contributed by atoms with Gasteiger partial charge in [-0.15, -0.1) is 0 Å². The lowest BCUT2D eigenvalue weighted by Gasteiger charge is -2.29. The number of fused-ring (bicyclic) bond motifs is 1. The minimum atomic E-state index is -4.34. The number of nitrogens with one attached hydrogen (secondary N) is 2. The molecular weight excluding hydrogens is 587 g/mol. The highest BCUT2D eigenvalue weighted by molar-refractivity contribution is 7.90. The average Bonchev–Trinajstić information content (AvgIpc) is 3.65. The minimum absolute atomic E-state index is 0.00467. The molecule has 2 N–H and O–H groups in total. The van der Waals surface area contributed by atoms with Crippen LogP contribution in [0, 0.1) is 17.6 Å². The summed E-state index contributed by atoms with van der Waals surface area (Å²) < 4.78 is 72.0. The Labute approximate surface area is 244 Å². The van der Waals surface area contributed by atoms with Crippen LogP contribution in [0.5, 0.6) is 0 Å². The molecule has 0 unspecified atom stereocenters. The van der Waals surface area contributed by atoms with Gasteiger partial charge in [0.05, 0.1) is 11.3 Å². The van der Waals surface area contributed by atoms with Crippen molar-refractivity contribution in [3.05, 3.63) is 65.7 Å². The highest BCUT2D eigenvalue weighted by Crippen LogP contribution is 2.30. The van der Waals surface area contributed by atoms with Gasteiger partial charge < -0.3 is 14.7 Å². The van der Waals surface area contributed by atoms with Gasteiger partial charge in [-0.05, 0) is 37.5 Å². The smallest absolute Gasteiger partial charge is 0.301 e. The van der Waals surface area contributed by atoms with Crippen LogP contribution in [-0.2, 0) is 15.0 Å². The molecule has 15 heteroatoms. The summed E-state index contributed by atoms with van der Waals surface area (Å²) in [6, 6.07) is 3.27. The van der Waals surface area contributed by atoms with Crippen LogP contribution in [0.1, 0.15) is 35.2 Å². The monoisotopic (exact) mass is 613 g/mol. The van der Waals surface area contributed by atoms with E-state index in [-0.39, 0.29) is 42.0 Å². The van der Waals surface area contributed by atoms with Crippen LogP contribution in [0.4, 0.5) is 24.8 Å². The molecule has 224 valence electrons. The molecule has 0 spiro atoms. The second-order valence-electron chi connectivity index (χ2n) is 10.5. The quantitative estimate of drug-likeness (QED) is 0.227. The van der Waals surface area contributed by atoms with Crippen molar-refractivity contribution in [3.63, 3.8) is 0 Å². The molecule has 4 aromatic rings. The van der Waals surface area contributed by atoms with E-state index in [0.717, 1.165) is 35.6 Å². The molecule has 0 saturated carbocycles. The van der Waals surface area contributed by atoms with Crippen molar-refractivity contribution in [2.24, 2.45) is 5.92 Å². The molecule has 2 fully saturated rings. The number of benzene rings is 1. The Morgan fingerprint density at radius 1 is 1.02 bits per heavy atom. The van der Waals surface area contributed by atoms with Gasteiger partial charge >= 0.3 is 10.2 Å². The van der Waals surface area contributed by atoms with Crippen LogP contribution in [-0.4, -0.2) is 77.1 Å². The van der Waals surface area contributed by atoms with Crippen molar-refractivity contribution >= 4 is 44.9 Å². The lowest BCUT2D eigenvalue weighted by atomic mass is 9.99. The van der Waals surface area contributed by atoms with Gasteiger partial charge in [0.25, 0.3) is 0 Å². The van der Waals surface area contributed by atoms with E-state index < -0.39 is 45.0 Å². The lowest BCUT2D eigenvalue weighted by Crippen LogP contribution is -2.35. The fraction of sp³-hybridized carbons (Fsp3) is 0.321. The summed E-state index contributed by atoms with van der Waals surface area (Å²) in [6.07, 6.45) is 7.11. The first-order valence-corrected chi connectivity index (χ1v) is 15.0. The third-order valence-electron chi connectivity index (χ3n) is 7.75. The van der Waals surface area contributed by atoms with Crippen molar-refractivity contribution in [1.82, 2.24) is 24.2 Å². The molecule has 11 nitrogen and oxygen atoms in total. The average molecular weight is 614 g/mol. The molecule has 6 rings (SSSR count). The summed E-state index contributed by atoms with van der Waals surface area (Å²) in [5.74, 6) is -3.05. The molecular formula is C28H26F3N7O4S. The number of aromatic nitrogens is 4. The van der Waals surface area contributed by atoms with Crippen LogP contribution in [0.25, 0.3) is 22.2 Å². The van der Waals surface area contributed by atoms with Crippen molar-refractivity contribution in [3.8, 4) is 11.1 Å². The highest BCUT2D eigenvalue weighted by atomic mass is 32.2. The first-order chi connectivity index (χ1) is 20.6. The molecule has 0 amide bonds. The molecule has 0 radical (unpaired) electrons. The molecule has 0 bridgehead atoms. The standard InChI is InChI=1S/C28H26F3N7O4S/c29-19-5-8-38(14-19)43(41,42)36-23-2-1-22(30)24(25(23)31)26(40)21-13-33-27-20(21)9-17(10-32-27)18-11-34-28(35-12-18)37-6-3-16(15-39)4-7-37/h1-2,9-13,15-16,19,36H,3-8,14H2,(H,32,33)/t19-/m1/s1. The maximum Gasteiger partial charge on any atom is 0.301 e. The zero-order chi connectivity index (χ0) is 30.3. The van der Waals surface area contributed by atoms with Crippen LogP contribution >= 0.6 is 0 Å². The first kappa shape index (κ1) is 28.7. The van der Waals surface area contributed by atoms with E-state index in [1.54, 1.807) is 18.5 Å². The number of carbonyl (C=O) groups excluding carboxylic acids is 2. The topological polar surface area (TPSA) is 141 Å². The van der Waals surface area contributed by atoms with Crippen LogP contribution in [0.2, 0.25) is 0 Å². The molecule has 3 aromatic heterocycles.